The molecule has 3 nitrogen and oxygen atoms in total. The van der Waals surface area contributed by atoms with Gasteiger partial charge in [0.05, 0.1) is 0 Å². The van der Waals surface area contributed by atoms with Gasteiger partial charge in [-0.3, -0.25) is 4.79 Å². The van der Waals surface area contributed by atoms with Crippen LogP contribution in [-0.4, -0.2) is 17.1 Å². The van der Waals surface area contributed by atoms with Gasteiger partial charge >= 0.3 is 5.97 Å². The Bertz CT molecular complexity index is 194. The van der Waals surface area contributed by atoms with Crippen molar-refractivity contribution < 1.29 is 9.90 Å². The Morgan fingerprint density at radius 3 is 2.38 bits per heavy atom. The summed E-state index contributed by atoms with van der Waals surface area (Å²) in [7, 11) is 0. The molecule has 0 fully saturated rings. The molecule has 0 saturated carbocycles. The first kappa shape index (κ1) is 15.4. The lowest BCUT2D eigenvalue weighted by Crippen LogP contribution is -2.32. The number of hydrogen-bond donors (Lipinski definition) is 2. The van der Waals surface area contributed by atoms with Gasteiger partial charge in [0.25, 0.3) is 0 Å². The molecule has 0 aliphatic carbocycles. The summed E-state index contributed by atoms with van der Waals surface area (Å²) in [4.78, 5) is 10.7. The van der Waals surface area contributed by atoms with Crippen LogP contribution in [0.3, 0.4) is 0 Å². The lowest BCUT2D eigenvalue weighted by atomic mass is 9.86. The summed E-state index contributed by atoms with van der Waals surface area (Å²) in [5.74, 6) is 0.267. The maximum atomic E-state index is 10.7. The van der Waals surface area contributed by atoms with E-state index in [0.29, 0.717) is 18.3 Å². The van der Waals surface area contributed by atoms with Crippen molar-refractivity contribution in [3.8, 4) is 0 Å². The first-order chi connectivity index (χ1) is 7.51. The first-order valence-corrected chi connectivity index (χ1v) is 6.49. The number of carboxylic acids is 1. The van der Waals surface area contributed by atoms with Crippen molar-refractivity contribution >= 4 is 5.97 Å². The molecule has 0 aliphatic rings. The van der Waals surface area contributed by atoms with Crippen LogP contribution in [-0.2, 0) is 4.79 Å². The van der Waals surface area contributed by atoms with Crippen molar-refractivity contribution in [2.45, 2.75) is 65.3 Å². The van der Waals surface area contributed by atoms with E-state index in [9.17, 15) is 4.79 Å². The second-order valence-corrected chi connectivity index (χ2v) is 4.94. The molecule has 0 aliphatic heterocycles. The van der Waals surface area contributed by atoms with Crippen LogP contribution in [0.4, 0.5) is 0 Å². The van der Waals surface area contributed by atoms with Crippen molar-refractivity contribution in [2.75, 3.05) is 0 Å². The van der Waals surface area contributed by atoms with Crippen LogP contribution in [0.15, 0.2) is 0 Å². The molecular weight excluding hydrogens is 202 g/mol. The van der Waals surface area contributed by atoms with Crippen LogP contribution in [0, 0.1) is 11.8 Å². The molecule has 0 aromatic rings. The molecule has 3 N–H and O–H groups in total. The van der Waals surface area contributed by atoms with Crippen LogP contribution < -0.4 is 5.73 Å². The predicted molar refractivity (Wildman–Crippen MR) is 67.3 cm³/mol. The lowest BCUT2D eigenvalue weighted by Gasteiger charge is -2.21. The molecule has 0 heterocycles. The SMILES string of the molecule is CCCCC(C)CC(CC)CC(N)C(=O)O. The predicted octanol–water partition coefficient (Wildman–Crippen LogP) is 3.03. The fourth-order valence-electron chi connectivity index (χ4n) is 2.13. The van der Waals surface area contributed by atoms with Gasteiger partial charge in [0.1, 0.15) is 6.04 Å². The fraction of sp³-hybridized carbons (Fsp3) is 0.923. The Morgan fingerprint density at radius 1 is 1.31 bits per heavy atom. The van der Waals surface area contributed by atoms with Crippen molar-refractivity contribution in [1.29, 1.82) is 0 Å². The first-order valence-electron chi connectivity index (χ1n) is 6.49. The summed E-state index contributed by atoms with van der Waals surface area (Å²) in [6.07, 6.45) is 6.49. The molecule has 0 aromatic carbocycles. The molecule has 0 bridgehead atoms. The Labute approximate surface area is 99.4 Å². The Kier molecular flexibility index (Phi) is 8.26. The highest BCUT2D eigenvalue weighted by atomic mass is 16.4. The number of carbonyl (C=O) groups is 1. The van der Waals surface area contributed by atoms with Gasteiger partial charge in [0.2, 0.25) is 0 Å². The van der Waals surface area contributed by atoms with Crippen molar-refractivity contribution in [2.24, 2.45) is 17.6 Å². The van der Waals surface area contributed by atoms with Crippen LogP contribution in [0.1, 0.15) is 59.3 Å². The number of unbranched alkanes of at least 4 members (excludes halogenated alkanes) is 1. The number of rotatable bonds is 9. The molecule has 0 rings (SSSR count). The van der Waals surface area contributed by atoms with Crippen LogP contribution in [0.25, 0.3) is 0 Å². The van der Waals surface area contributed by atoms with E-state index in [-0.39, 0.29) is 0 Å². The average Bonchev–Trinajstić information content (AvgIpc) is 2.24. The van der Waals surface area contributed by atoms with Gasteiger partial charge in [-0.15, -0.1) is 0 Å². The van der Waals surface area contributed by atoms with E-state index in [1.165, 1.54) is 19.3 Å². The summed E-state index contributed by atoms with van der Waals surface area (Å²) >= 11 is 0. The monoisotopic (exact) mass is 229 g/mol. The minimum absolute atomic E-state index is 0.456. The third-order valence-corrected chi connectivity index (χ3v) is 3.27. The number of aliphatic carboxylic acids is 1. The molecular formula is C13H27NO2. The molecule has 16 heavy (non-hydrogen) atoms. The number of carboxylic acid groups (broad SMARTS) is 1. The summed E-state index contributed by atoms with van der Waals surface area (Å²) in [5.41, 5.74) is 5.57. The zero-order valence-electron chi connectivity index (χ0n) is 10.9. The Balaban J connectivity index is 3.94. The Hall–Kier alpha value is -0.570. The van der Waals surface area contributed by atoms with Crippen molar-refractivity contribution in [3.05, 3.63) is 0 Å². The van der Waals surface area contributed by atoms with Gasteiger partial charge in [-0.25, -0.2) is 0 Å². The fourth-order valence-corrected chi connectivity index (χ4v) is 2.13. The average molecular weight is 229 g/mol. The number of hydrogen-bond acceptors (Lipinski definition) is 2. The minimum atomic E-state index is -0.875. The minimum Gasteiger partial charge on any atom is -0.480 e. The second kappa shape index (κ2) is 8.57. The highest BCUT2D eigenvalue weighted by Gasteiger charge is 2.19. The second-order valence-electron chi connectivity index (χ2n) is 4.94. The van der Waals surface area contributed by atoms with E-state index in [4.69, 9.17) is 10.8 Å². The molecule has 3 heteroatoms. The van der Waals surface area contributed by atoms with E-state index in [2.05, 4.69) is 20.8 Å². The van der Waals surface area contributed by atoms with Gasteiger partial charge in [0, 0.05) is 0 Å². The van der Waals surface area contributed by atoms with Crippen LogP contribution >= 0.6 is 0 Å². The van der Waals surface area contributed by atoms with E-state index in [1.54, 1.807) is 0 Å². The zero-order valence-corrected chi connectivity index (χ0v) is 10.9. The Morgan fingerprint density at radius 2 is 1.94 bits per heavy atom. The van der Waals surface area contributed by atoms with E-state index >= 15 is 0 Å². The molecule has 0 aromatic heterocycles. The van der Waals surface area contributed by atoms with E-state index in [0.717, 1.165) is 12.8 Å². The third kappa shape index (κ3) is 6.83. The molecule has 96 valence electrons. The highest BCUT2D eigenvalue weighted by Crippen LogP contribution is 2.23. The van der Waals surface area contributed by atoms with Crippen LogP contribution in [0.2, 0.25) is 0 Å². The smallest absolute Gasteiger partial charge is 0.320 e. The van der Waals surface area contributed by atoms with Gasteiger partial charge in [-0.1, -0.05) is 46.5 Å². The quantitative estimate of drug-likeness (QED) is 0.638. The molecule has 3 unspecified atom stereocenters. The standard InChI is InChI=1S/C13H27NO2/c1-4-6-7-10(3)8-11(5-2)9-12(14)13(15)16/h10-12H,4-9,14H2,1-3H3,(H,15,16). The van der Waals surface area contributed by atoms with E-state index < -0.39 is 12.0 Å². The maximum Gasteiger partial charge on any atom is 0.320 e. The zero-order chi connectivity index (χ0) is 12.6. The van der Waals surface area contributed by atoms with E-state index in [1.807, 2.05) is 0 Å². The van der Waals surface area contributed by atoms with Gasteiger partial charge in [0.15, 0.2) is 0 Å². The maximum absolute atomic E-state index is 10.7. The van der Waals surface area contributed by atoms with Crippen LogP contribution in [0.5, 0.6) is 0 Å². The summed E-state index contributed by atoms with van der Waals surface area (Å²) in [6.45, 7) is 6.57. The van der Waals surface area contributed by atoms with Gasteiger partial charge in [-0.2, -0.15) is 0 Å². The van der Waals surface area contributed by atoms with Gasteiger partial charge < -0.3 is 10.8 Å². The highest BCUT2D eigenvalue weighted by molar-refractivity contribution is 5.72. The number of nitrogens with two attached hydrogens (primary N) is 1. The van der Waals surface area contributed by atoms with Gasteiger partial charge in [-0.05, 0) is 24.7 Å². The molecule has 0 spiro atoms. The summed E-state index contributed by atoms with van der Waals surface area (Å²) in [6, 6.07) is -0.691. The van der Waals surface area contributed by atoms with Crippen molar-refractivity contribution in [3.63, 3.8) is 0 Å². The third-order valence-electron chi connectivity index (χ3n) is 3.27. The topological polar surface area (TPSA) is 63.3 Å². The normalized spacial score (nSPS) is 16.8. The molecule has 0 amide bonds. The summed E-state index contributed by atoms with van der Waals surface area (Å²) in [5, 5.41) is 8.78. The largest absolute Gasteiger partial charge is 0.480 e. The molecule has 0 saturated heterocycles. The van der Waals surface area contributed by atoms with Crippen molar-refractivity contribution in [1.82, 2.24) is 0 Å². The lowest BCUT2D eigenvalue weighted by molar-refractivity contribution is -0.139. The summed E-state index contributed by atoms with van der Waals surface area (Å²) < 4.78 is 0. The molecule has 3 atom stereocenters. The molecule has 0 radical (unpaired) electrons.